The molecule has 2 heterocycles. The molecule has 1 saturated heterocycles. The highest BCUT2D eigenvalue weighted by Crippen LogP contribution is 2.44. The van der Waals surface area contributed by atoms with Gasteiger partial charge in [0.15, 0.2) is 4.34 Å². The summed E-state index contributed by atoms with van der Waals surface area (Å²) in [6.07, 6.45) is 1.96. The van der Waals surface area contributed by atoms with Crippen molar-refractivity contribution in [2.75, 3.05) is 11.5 Å². The van der Waals surface area contributed by atoms with Crippen LogP contribution in [0.4, 0.5) is 5.13 Å². The van der Waals surface area contributed by atoms with Crippen LogP contribution in [0, 0.1) is 0 Å². The SMILES string of the molecule is CCCCOc1ccc(C(O)=C2C(=O)C(=O)N(c3nnc(SCc4ccccc4Cl)s3)[C@@H]2c2ccc(C(C)(C)C)cc2)cc1. The number of aromatic nitrogens is 2. The summed E-state index contributed by atoms with van der Waals surface area (Å²) < 4.78 is 6.38. The van der Waals surface area contributed by atoms with E-state index in [2.05, 4.69) is 37.9 Å². The van der Waals surface area contributed by atoms with Crippen molar-refractivity contribution >= 4 is 57.3 Å². The number of aliphatic hydroxyl groups excluding tert-OH is 1. The van der Waals surface area contributed by atoms with Crippen molar-refractivity contribution in [1.82, 2.24) is 10.2 Å². The molecule has 1 amide bonds. The molecular formula is C34H34ClN3O4S2. The molecule has 0 bridgehead atoms. The Balaban J connectivity index is 1.52. The minimum Gasteiger partial charge on any atom is -0.507 e. The summed E-state index contributed by atoms with van der Waals surface area (Å²) >= 11 is 8.99. The first-order valence-corrected chi connectivity index (χ1v) is 16.6. The second kappa shape index (κ2) is 13.5. The van der Waals surface area contributed by atoms with Crippen molar-refractivity contribution in [2.45, 2.75) is 62.1 Å². The maximum Gasteiger partial charge on any atom is 0.301 e. The number of rotatable bonds is 10. The lowest BCUT2D eigenvalue weighted by atomic mass is 9.85. The molecule has 1 aliphatic heterocycles. The van der Waals surface area contributed by atoms with Crippen molar-refractivity contribution < 1.29 is 19.4 Å². The molecule has 0 saturated carbocycles. The summed E-state index contributed by atoms with van der Waals surface area (Å²) in [6.45, 7) is 9.04. The molecule has 7 nitrogen and oxygen atoms in total. The van der Waals surface area contributed by atoms with Crippen molar-refractivity contribution in [1.29, 1.82) is 0 Å². The van der Waals surface area contributed by atoms with Gasteiger partial charge in [-0.3, -0.25) is 14.5 Å². The van der Waals surface area contributed by atoms with E-state index < -0.39 is 17.7 Å². The number of hydrogen-bond donors (Lipinski definition) is 1. The molecular weight excluding hydrogens is 614 g/mol. The van der Waals surface area contributed by atoms with Gasteiger partial charge in [-0.05, 0) is 58.9 Å². The lowest BCUT2D eigenvalue weighted by Gasteiger charge is -2.24. The van der Waals surface area contributed by atoms with E-state index in [1.165, 1.54) is 28.0 Å². The van der Waals surface area contributed by atoms with Crippen LogP contribution in [0.1, 0.15) is 68.8 Å². The number of amides is 1. The quantitative estimate of drug-likeness (QED) is 0.0460. The molecule has 3 aromatic carbocycles. The minimum atomic E-state index is -0.890. The Labute approximate surface area is 270 Å². The number of carbonyl (C=O) groups excluding carboxylic acids is 2. The number of unbranched alkanes of at least 4 members (excludes halogenated alkanes) is 1. The standard InChI is InChI=1S/C34H34ClN3O4S2/c1-5-6-19-42-25-17-13-22(14-18-25)29(39)27-28(21-11-15-24(16-12-21)34(2,3)4)38(31(41)30(27)40)32-36-37-33(44-32)43-20-23-9-7-8-10-26(23)35/h7-18,28,39H,5-6,19-20H2,1-4H3/t28-/m1/s1. The maximum atomic E-state index is 13.6. The summed E-state index contributed by atoms with van der Waals surface area (Å²) in [6, 6.07) is 21.3. The van der Waals surface area contributed by atoms with Crippen molar-refractivity contribution in [3.8, 4) is 5.75 Å². The topological polar surface area (TPSA) is 92.6 Å². The molecule has 1 atom stereocenters. The van der Waals surface area contributed by atoms with Crippen LogP contribution in [0.3, 0.4) is 0 Å². The second-order valence-electron chi connectivity index (χ2n) is 11.5. The average Bonchev–Trinajstić information content (AvgIpc) is 3.58. The van der Waals surface area contributed by atoms with Gasteiger partial charge in [-0.15, -0.1) is 10.2 Å². The van der Waals surface area contributed by atoms with Gasteiger partial charge in [-0.2, -0.15) is 0 Å². The summed E-state index contributed by atoms with van der Waals surface area (Å²) in [4.78, 5) is 28.6. The average molecular weight is 648 g/mol. The van der Waals surface area contributed by atoms with Gasteiger partial charge < -0.3 is 9.84 Å². The van der Waals surface area contributed by atoms with Crippen molar-refractivity contribution in [3.05, 3.63) is 106 Å². The Hall–Kier alpha value is -3.66. The normalized spacial score (nSPS) is 16.5. The predicted molar refractivity (Wildman–Crippen MR) is 178 cm³/mol. The highest BCUT2D eigenvalue weighted by atomic mass is 35.5. The number of halogens is 1. The third-order valence-electron chi connectivity index (χ3n) is 7.34. The van der Waals surface area contributed by atoms with Gasteiger partial charge in [0.25, 0.3) is 5.78 Å². The van der Waals surface area contributed by atoms with Crippen LogP contribution in [0.15, 0.2) is 82.7 Å². The number of nitrogens with zero attached hydrogens (tertiary/aromatic N) is 3. The van der Waals surface area contributed by atoms with Gasteiger partial charge in [0.2, 0.25) is 5.13 Å². The van der Waals surface area contributed by atoms with Crippen LogP contribution in [0.2, 0.25) is 5.02 Å². The highest BCUT2D eigenvalue weighted by molar-refractivity contribution is 8.00. The summed E-state index contributed by atoms with van der Waals surface area (Å²) in [5, 5.41) is 21.1. The van der Waals surface area contributed by atoms with E-state index in [-0.39, 0.29) is 21.9 Å². The van der Waals surface area contributed by atoms with E-state index in [1.807, 2.05) is 48.5 Å². The first-order valence-electron chi connectivity index (χ1n) is 14.4. The lowest BCUT2D eigenvalue weighted by molar-refractivity contribution is -0.132. The van der Waals surface area contributed by atoms with Crippen LogP contribution in [0.5, 0.6) is 5.75 Å². The Kier molecular flexibility index (Phi) is 9.78. The van der Waals surface area contributed by atoms with Crippen LogP contribution >= 0.6 is 34.7 Å². The van der Waals surface area contributed by atoms with Crippen LogP contribution in [-0.4, -0.2) is 33.6 Å². The van der Waals surface area contributed by atoms with Crippen molar-refractivity contribution in [2.24, 2.45) is 0 Å². The van der Waals surface area contributed by atoms with Gasteiger partial charge in [-0.25, -0.2) is 0 Å². The first-order chi connectivity index (χ1) is 21.1. The Morgan fingerprint density at radius 3 is 2.39 bits per heavy atom. The number of benzene rings is 3. The van der Waals surface area contributed by atoms with E-state index in [0.29, 0.717) is 38.6 Å². The molecule has 228 valence electrons. The highest BCUT2D eigenvalue weighted by Gasteiger charge is 2.48. The number of Topliss-reactive ketones (excluding diaryl/α,β-unsaturated/α-hetero) is 1. The molecule has 4 aromatic rings. The van der Waals surface area contributed by atoms with Gasteiger partial charge in [0.1, 0.15) is 11.5 Å². The molecule has 0 spiro atoms. The zero-order chi connectivity index (χ0) is 31.4. The fourth-order valence-electron chi connectivity index (χ4n) is 4.82. The number of thioether (sulfide) groups is 1. The second-order valence-corrected chi connectivity index (χ2v) is 14.1. The number of ether oxygens (including phenoxy) is 1. The summed E-state index contributed by atoms with van der Waals surface area (Å²) in [5.74, 6) is -0.566. The number of carbonyl (C=O) groups is 2. The number of aliphatic hydroxyl groups is 1. The van der Waals surface area contributed by atoms with Gasteiger partial charge in [0.05, 0.1) is 18.2 Å². The fraction of sp³-hybridized carbons (Fsp3) is 0.294. The predicted octanol–water partition coefficient (Wildman–Crippen LogP) is 8.59. The smallest absolute Gasteiger partial charge is 0.301 e. The first kappa shape index (κ1) is 31.8. The third kappa shape index (κ3) is 6.85. The molecule has 1 aliphatic rings. The number of anilines is 1. The minimum absolute atomic E-state index is 0.00127. The van der Waals surface area contributed by atoms with Crippen LogP contribution in [0.25, 0.3) is 5.76 Å². The van der Waals surface area contributed by atoms with E-state index in [1.54, 1.807) is 24.3 Å². The van der Waals surface area contributed by atoms with Gasteiger partial charge in [0, 0.05) is 16.3 Å². The number of ketones is 1. The molecule has 0 radical (unpaired) electrons. The monoisotopic (exact) mass is 647 g/mol. The van der Waals surface area contributed by atoms with Gasteiger partial charge in [-0.1, -0.05) is 111 Å². The van der Waals surface area contributed by atoms with Crippen LogP contribution < -0.4 is 9.64 Å². The summed E-state index contributed by atoms with van der Waals surface area (Å²) in [7, 11) is 0. The fourth-order valence-corrected chi connectivity index (χ4v) is 6.98. The third-order valence-corrected chi connectivity index (χ3v) is 9.82. The Morgan fingerprint density at radius 2 is 1.73 bits per heavy atom. The Morgan fingerprint density at radius 1 is 1.02 bits per heavy atom. The molecule has 1 N–H and O–H groups in total. The number of hydrogen-bond acceptors (Lipinski definition) is 8. The van der Waals surface area contributed by atoms with E-state index in [9.17, 15) is 14.7 Å². The van der Waals surface area contributed by atoms with Crippen molar-refractivity contribution in [3.63, 3.8) is 0 Å². The van der Waals surface area contributed by atoms with E-state index in [0.717, 1.165) is 24.0 Å². The van der Waals surface area contributed by atoms with Gasteiger partial charge >= 0.3 is 5.91 Å². The zero-order valence-corrected chi connectivity index (χ0v) is 27.4. The molecule has 1 fully saturated rings. The largest absolute Gasteiger partial charge is 0.507 e. The Bertz CT molecular complexity index is 1680. The lowest BCUT2D eigenvalue weighted by Crippen LogP contribution is -2.29. The molecule has 0 aliphatic carbocycles. The van der Waals surface area contributed by atoms with Crippen LogP contribution in [-0.2, 0) is 20.8 Å². The zero-order valence-electron chi connectivity index (χ0n) is 25.0. The maximum absolute atomic E-state index is 13.6. The summed E-state index contributed by atoms with van der Waals surface area (Å²) in [5.41, 5.74) is 3.06. The molecule has 44 heavy (non-hydrogen) atoms. The molecule has 10 heteroatoms. The van der Waals surface area contributed by atoms with E-state index in [4.69, 9.17) is 16.3 Å². The molecule has 5 rings (SSSR count). The molecule has 0 unspecified atom stereocenters. The molecule has 1 aromatic heterocycles. The van der Waals surface area contributed by atoms with E-state index >= 15 is 0 Å².